The molecule has 1 aromatic heterocycles. The molecule has 0 saturated heterocycles. The molecule has 0 spiro atoms. The molecule has 0 bridgehead atoms. The predicted octanol–water partition coefficient (Wildman–Crippen LogP) is 1.46. The Hall–Kier alpha value is -3.35. The number of hydrogen-bond acceptors (Lipinski definition) is 5. The Bertz CT molecular complexity index is 836. The van der Waals surface area contributed by atoms with Crippen LogP contribution in [-0.2, 0) is 0 Å². The average molecular weight is 291 g/mol. The first kappa shape index (κ1) is 12.4. The smallest absolute Gasteiger partial charge is 0.266 e. The topological polar surface area (TPSA) is 81.0 Å². The molecule has 2 heterocycles. The van der Waals surface area contributed by atoms with Gasteiger partial charge in [0.25, 0.3) is 11.8 Å². The van der Waals surface area contributed by atoms with Gasteiger partial charge in [0.15, 0.2) is 6.33 Å². The van der Waals surface area contributed by atoms with Crippen molar-refractivity contribution in [3.63, 3.8) is 0 Å². The summed E-state index contributed by atoms with van der Waals surface area (Å²) < 4.78 is 0. The highest BCUT2D eigenvalue weighted by Gasteiger charge is 2.36. The van der Waals surface area contributed by atoms with Crippen LogP contribution in [0.1, 0.15) is 20.7 Å². The number of aromatic nitrogens is 4. The van der Waals surface area contributed by atoms with Gasteiger partial charge in [-0.2, -0.15) is 0 Å². The van der Waals surface area contributed by atoms with E-state index in [1.807, 2.05) is 0 Å². The van der Waals surface area contributed by atoms with Gasteiger partial charge in [-0.3, -0.25) is 9.59 Å². The quantitative estimate of drug-likeness (QED) is 0.668. The highest BCUT2D eigenvalue weighted by molar-refractivity contribution is 6.34. The highest BCUT2D eigenvalue weighted by atomic mass is 16.2. The first-order chi connectivity index (χ1) is 10.8. The molecule has 0 aliphatic carbocycles. The maximum atomic E-state index is 12.4. The maximum absolute atomic E-state index is 12.4. The number of anilines is 1. The van der Waals surface area contributed by atoms with E-state index in [1.165, 1.54) is 16.0 Å². The van der Waals surface area contributed by atoms with E-state index in [-0.39, 0.29) is 11.8 Å². The maximum Gasteiger partial charge on any atom is 0.266 e. The lowest BCUT2D eigenvalue weighted by Crippen LogP contribution is -2.29. The molecule has 3 aromatic rings. The zero-order chi connectivity index (χ0) is 15.1. The third-order valence-corrected chi connectivity index (χ3v) is 3.48. The second kappa shape index (κ2) is 4.59. The second-order valence-corrected chi connectivity index (χ2v) is 4.73. The van der Waals surface area contributed by atoms with Crippen LogP contribution in [0.25, 0.3) is 5.69 Å². The zero-order valence-corrected chi connectivity index (χ0v) is 11.2. The van der Waals surface area contributed by atoms with Crippen LogP contribution in [0.3, 0.4) is 0 Å². The van der Waals surface area contributed by atoms with E-state index < -0.39 is 0 Å². The molecule has 0 N–H and O–H groups in total. The zero-order valence-electron chi connectivity index (χ0n) is 11.2. The Morgan fingerprint density at radius 3 is 1.91 bits per heavy atom. The predicted molar refractivity (Wildman–Crippen MR) is 76.7 cm³/mol. The molecular weight excluding hydrogens is 282 g/mol. The van der Waals surface area contributed by atoms with Crippen molar-refractivity contribution in [2.24, 2.45) is 0 Å². The Balaban J connectivity index is 1.72. The first-order valence-corrected chi connectivity index (χ1v) is 6.57. The third kappa shape index (κ3) is 1.72. The van der Waals surface area contributed by atoms with Gasteiger partial charge in [0.2, 0.25) is 0 Å². The summed E-state index contributed by atoms with van der Waals surface area (Å²) >= 11 is 0. The molecule has 0 saturated carbocycles. The number of imide groups is 1. The molecule has 22 heavy (non-hydrogen) atoms. The molecule has 1 aliphatic rings. The van der Waals surface area contributed by atoms with Crippen molar-refractivity contribution in [2.45, 2.75) is 0 Å². The summed E-state index contributed by atoms with van der Waals surface area (Å²) in [6.07, 6.45) is 1.33. The standard InChI is InChI=1S/C15H9N5O2/c21-14-12-3-1-2-4-13(12)15(22)19(14)10-5-7-11(8-6-10)20-17-9-16-18-20/h1-9H. The number of amides is 2. The molecule has 0 fully saturated rings. The third-order valence-electron chi connectivity index (χ3n) is 3.48. The van der Waals surface area contributed by atoms with E-state index in [4.69, 9.17) is 0 Å². The van der Waals surface area contributed by atoms with Crippen LogP contribution < -0.4 is 4.90 Å². The summed E-state index contributed by atoms with van der Waals surface area (Å²) in [5, 5.41) is 11.3. The SMILES string of the molecule is O=C1c2ccccc2C(=O)N1c1ccc(-n2ncnn2)cc1. The Labute approximate surface area is 124 Å². The van der Waals surface area contributed by atoms with Crippen molar-refractivity contribution < 1.29 is 9.59 Å². The number of carbonyl (C=O) groups excluding carboxylic acids is 2. The normalized spacial score (nSPS) is 13.5. The van der Waals surface area contributed by atoms with Crippen LogP contribution in [0.4, 0.5) is 5.69 Å². The lowest BCUT2D eigenvalue weighted by molar-refractivity contribution is 0.0926. The number of carbonyl (C=O) groups is 2. The van der Waals surface area contributed by atoms with Crippen molar-refractivity contribution >= 4 is 17.5 Å². The van der Waals surface area contributed by atoms with Crippen LogP contribution in [0.5, 0.6) is 0 Å². The minimum Gasteiger partial charge on any atom is -0.268 e. The largest absolute Gasteiger partial charge is 0.268 e. The molecule has 0 radical (unpaired) electrons. The minimum absolute atomic E-state index is 0.313. The van der Waals surface area contributed by atoms with Gasteiger partial charge in [0.05, 0.1) is 22.5 Å². The van der Waals surface area contributed by atoms with Gasteiger partial charge in [-0.25, -0.2) is 4.90 Å². The fraction of sp³-hybridized carbons (Fsp3) is 0. The van der Waals surface area contributed by atoms with Gasteiger partial charge >= 0.3 is 0 Å². The van der Waals surface area contributed by atoms with Crippen molar-refractivity contribution in [2.75, 3.05) is 4.90 Å². The van der Waals surface area contributed by atoms with E-state index in [0.717, 1.165) is 0 Å². The molecule has 7 nitrogen and oxygen atoms in total. The van der Waals surface area contributed by atoms with E-state index in [1.54, 1.807) is 48.5 Å². The fourth-order valence-electron chi connectivity index (χ4n) is 2.44. The molecule has 0 unspecified atom stereocenters. The monoisotopic (exact) mass is 291 g/mol. The van der Waals surface area contributed by atoms with Gasteiger partial charge in [0.1, 0.15) is 0 Å². The van der Waals surface area contributed by atoms with Gasteiger partial charge in [-0.05, 0) is 41.6 Å². The van der Waals surface area contributed by atoms with E-state index in [0.29, 0.717) is 22.5 Å². The summed E-state index contributed by atoms with van der Waals surface area (Å²) in [6, 6.07) is 13.6. The first-order valence-electron chi connectivity index (χ1n) is 6.57. The lowest BCUT2D eigenvalue weighted by Gasteiger charge is -2.14. The summed E-state index contributed by atoms with van der Waals surface area (Å²) in [7, 11) is 0. The Kier molecular flexibility index (Phi) is 2.59. The molecule has 7 heteroatoms. The van der Waals surface area contributed by atoms with E-state index in [2.05, 4.69) is 15.4 Å². The van der Waals surface area contributed by atoms with Gasteiger partial charge in [-0.1, -0.05) is 12.1 Å². The number of rotatable bonds is 2. The lowest BCUT2D eigenvalue weighted by atomic mass is 10.1. The van der Waals surface area contributed by atoms with Gasteiger partial charge in [0, 0.05) is 0 Å². The molecular formula is C15H9N5O2. The summed E-state index contributed by atoms with van der Waals surface area (Å²) in [5.41, 5.74) is 2.05. The molecule has 0 atom stereocenters. The van der Waals surface area contributed by atoms with E-state index >= 15 is 0 Å². The fourth-order valence-corrected chi connectivity index (χ4v) is 2.44. The van der Waals surface area contributed by atoms with E-state index in [9.17, 15) is 9.59 Å². The van der Waals surface area contributed by atoms with Crippen LogP contribution >= 0.6 is 0 Å². The summed E-state index contributed by atoms with van der Waals surface area (Å²) in [5.74, 6) is -0.625. The minimum atomic E-state index is -0.313. The van der Waals surface area contributed by atoms with Crippen LogP contribution in [0, 0.1) is 0 Å². The molecule has 1 aliphatic heterocycles. The molecule has 2 aromatic carbocycles. The van der Waals surface area contributed by atoms with Crippen molar-refractivity contribution in [1.82, 2.24) is 20.2 Å². The number of nitrogens with zero attached hydrogens (tertiary/aromatic N) is 5. The molecule has 106 valence electrons. The highest BCUT2D eigenvalue weighted by Crippen LogP contribution is 2.28. The number of tetrazole rings is 1. The number of hydrogen-bond donors (Lipinski definition) is 0. The van der Waals surface area contributed by atoms with Crippen LogP contribution in [0.2, 0.25) is 0 Å². The Morgan fingerprint density at radius 1 is 0.773 bits per heavy atom. The second-order valence-electron chi connectivity index (χ2n) is 4.73. The van der Waals surface area contributed by atoms with Crippen molar-refractivity contribution in [3.8, 4) is 5.69 Å². The van der Waals surface area contributed by atoms with Gasteiger partial charge in [-0.15, -0.1) is 15.0 Å². The number of benzene rings is 2. The summed E-state index contributed by atoms with van der Waals surface area (Å²) in [6.45, 7) is 0. The summed E-state index contributed by atoms with van der Waals surface area (Å²) in [4.78, 5) is 27.3. The Morgan fingerprint density at radius 2 is 1.36 bits per heavy atom. The van der Waals surface area contributed by atoms with Crippen LogP contribution in [-0.4, -0.2) is 32.0 Å². The van der Waals surface area contributed by atoms with Crippen molar-refractivity contribution in [3.05, 3.63) is 66.0 Å². The average Bonchev–Trinajstić information content (AvgIpc) is 3.17. The number of fused-ring (bicyclic) bond motifs is 1. The van der Waals surface area contributed by atoms with Crippen LogP contribution in [0.15, 0.2) is 54.9 Å². The molecule has 2 amide bonds. The molecule has 4 rings (SSSR count). The van der Waals surface area contributed by atoms with Gasteiger partial charge < -0.3 is 0 Å². The van der Waals surface area contributed by atoms with Crippen molar-refractivity contribution in [1.29, 1.82) is 0 Å².